The normalized spacial score (nSPS) is 13.7. The van der Waals surface area contributed by atoms with Gasteiger partial charge in [0.05, 0.1) is 5.56 Å². The molecule has 2 atom stereocenters. The molecule has 118 valence electrons. The molecular weight excluding hydrogens is 296 g/mol. The van der Waals surface area contributed by atoms with Gasteiger partial charge < -0.3 is 25.5 Å². The van der Waals surface area contributed by atoms with Crippen molar-refractivity contribution in [1.82, 2.24) is 0 Å². The molecule has 1 aromatic rings. The molecule has 0 amide bonds. The number of aliphatic carboxylic acids is 1. The molecule has 0 saturated carbocycles. The summed E-state index contributed by atoms with van der Waals surface area (Å²) in [6, 6.07) is 1.82. The molecule has 1 aromatic carbocycles. The summed E-state index contributed by atoms with van der Waals surface area (Å²) >= 11 is 0. The third kappa shape index (κ3) is 3.61. The van der Waals surface area contributed by atoms with Crippen LogP contribution < -0.4 is 0 Å². The third-order valence-corrected chi connectivity index (χ3v) is 2.89. The van der Waals surface area contributed by atoms with Gasteiger partial charge in [0.25, 0.3) is 0 Å². The Morgan fingerprint density at radius 1 is 1.14 bits per heavy atom. The SMILES string of the molecule is CC(=O)/C=C/C(C(=O)O)C(O)c1c(C(=O)O)ccc(O)c1O. The molecule has 1 rings (SSSR count). The fraction of sp³-hybridized carbons (Fsp3) is 0.214. The van der Waals surface area contributed by atoms with Gasteiger partial charge in [0.2, 0.25) is 0 Å². The topological polar surface area (TPSA) is 152 Å². The number of aromatic hydroxyl groups is 2. The van der Waals surface area contributed by atoms with Gasteiger partial charge in [-0.2, -0.15) is 0 Å². The fourth-order valence-corrected chi connectivity index (χ4v) is 1.82. The van der Waals surface area contributed by atoms with E-state index in [4.69, 9.17) is 10.2 Å². The van der Waals surface area contributed by atoms with Crippen molar-refractivity contribution in [3.05, 3.63) is 35.4 Å². The van der Waals surface area contributed by atoms with Crippen molar-refractivity contribution >= 4 is 17.7 Å². The van der Waals surface area contributed by atoms with Gasteiger partial charge in [-0.3, -0.25) is 9.59 Å². The zero-order valence-corrected chi connectivity index (χ0v) is 11.4. The first-order chi connectivity index (χ1) is 10.2. The van der Waals surface area contributed by atoms with Crippen LogP contribution in [0.2, 0.25) is 0 Å². The number of ketones is 1. The predicted molar refractivity (Wildman–Crippen MR) is 72.6 cm³/mol. The highest BCUT2D eigenvalue weighted by atomic mass is 16.4. The van der Waals surface area contributed by atoms with E-state index in [0.29, 0.717) is 0 Å². The lowest BCUT2D eigenvalue weighted by Gasteiger charge is -2.19. The molecule has 0 bridgehead atoms. The minimum absolute atomic E-state index is 0.475. The highest BCUT2D eigenvalue weighted by molar-refractivity contribution is 5.92. The van der Waals surface area contributed by atoms with E-state index in [1.165, 1.54) is 0 Å². The van der Waals surface area contributed by atoms with Crippen LogP contribution in [0.5, 0.6) is 11.5 Å². The number of rotatable bonds is 6. The number of hydrogen-bond donors (Lipinski definition) is 5. The lowest BCUT2D eigenvalue weighted by molar-refractivity contribution is -0.143. The summed E-state index contributed by atoms with van der Waals surface area (Å²) in [6.45, 7) is 1.16. The molecule has 0 aliphatic rings. The number of allylic oxidation sites excluding steroid dienone is 1. The number of aliphatic hydroxyl groups excluding tert-OH is 1. The van der Waals surface area contributed by atoms with Crippen LogP contribution >= 0.6 is 0 Å². The van der Waals surface area contributed by atoms with Gasteiger partial charge in [-0.25, -0.2) is 4.79 Å². The number of hydrogen-bond acceptors (Lipinski definition) is 6. The lowest BCUT2D eigenvalue weighted by Crippen LogP contribution is -2.22. The second-order valence-electron chi connectivity index (χ2n) is 4.48. The van der Waals surface area contributed by atoms with Crippen LogP contribution in [-0.4, -0.2) is 43.3 Å². The van der Waals surface area contributed by atoms with Crippen molar-refractivity contribution in [3.8, 4) is 11.5 Å². The standard InChI is InChI=1S/C14H14O8/c1-6(15)2-3-8(14(21)22)11(17)10-7(13(19)20)4-5-9(16)12(10)18/h2-5,8,11,16-18H,1H3,(H,19,20)(H,21,22)/b3-2+. The van der Waals surface area contributed by atoms with Crippen LogP contribution in [0, 0.1) is 5.92 Å². The highest BCUT2D eigenvalue weighted by Crippen LogP contribution is 2.39. The first-order valence-corrected chi connectivity index (χ1v) is 6.04. The molecule has 22 heavy (non-hydrogen) atoms. The Morgan fingerprint density at radius 3 is 2.18 bits per heavy atom. The van der Waals surface area contributed by atoms with E-state index < -0.39 is 52.4 Å². The van der Waals surface area contributed by atoms with E-state index in [1.807, 2.05) is 0 Å². The number of carbonyl (C=O) groups excluding carboxylic acids is 1. The number of carboxylic acids is 2. The predicted octanol–water partition coefficient (Wildman–Crippen LogP) is 0.675. The molecule has 0 aliphatic carbocycles. The number of benzene rings is 1. The van der Waals surface area contributed by atoms with Crippen molar-refractivity contribution < 1.29 is 39.9 Å². The zero-order valence-electron chi connectivity index (χ0n) is 11.4. The average Bonchev–Trinajstić information content (AvgIpc) is 2.40. The van der Waals surface area contributed by atoms with Gasteiger partial charge in [0.1, 0.15) is 12.0 Å². The molecule has 8 heteroatoms. The molecule has 0 fully saturated rings. The minimum Gasteiger partial charge on any atom is -0.504 e. The van der Waals surface area contributed by atoms with Crippen LogP contribution in [-0.2, 0) is 9.59 Å². The lowest BCUT2D eigenvalue weighted by atomic mass is 9.90. The Balaban J connectivity index is 3.44. The number of carbonyl (C=O) groups is 3. The molecule has 0 aliphatic heterocycles. The number of aliphatic hydroxyl groups is 1. The van der Waals surface area contributed by atoms with Crippen molar-refractivity contribution in [3.63, 3.8) is 0 Å². The monoisotopic (exact) mass is 310 g/mol. The average molecular weight is 310 g/mol. The minimum atomic E-state index is -1.98. The Kier molecular flexibility index (Phi) is 5.25. The van der Waals surface area contributed by atoms with Gasteiger partial charge in [0, 0.05) is 5.56 Å². The number of carboxylic acid groups (broad SMARTS) is 2. The Labute approximate surface area is 124 Å². The van der Waals surface area contributed by atoms with Gasteiger partial charge in [-0.15, -0.1) is 0 Å². The van der Waals surface area contributed by atoms with Gasteiger partial charge in [0.15, 0.2) is 17.3 Å². The summed E-state index contributed by atoms with van der Waals surface area (Å²) in [5, 5.41) is 47.4. The van der Waals surface area contributed by atoms with Crippen LogP contribution in [0.3, 0.4) is 0 Å². The first-order valence-electron chi connectivity index (χ1n) is 6.04. The van der Waals surface area contributed by atoms with E-state index >= 15 is 0 Å². The van der Waals surface area contributed by atoms with E-state index in [2.05, 4.69) is 0 Å². The van der Waals surface area contributed by atoms with Crippen molar-refractivity contribution in [1.29, 1.82) is 0 Å². The Bertz CT molecular complexity index is 646. The maximum Gasteiger partial charge on any atom is 0.336 e. The van der Waals surface area contributed by atoms with Crippen molar-refractivity contribution in [2.24, 2.45) is 5.92 Å². The second kappa shape index (κ2) is 6.72. The van der Waals surface area contributed by atoms with E-state index in [-0.39, 0.29) is 0 Å². The summed E-state index contributed by atoms with van der Waals surface area (Å²) in [6.07, 6.45) is -0.196. The van der Waals surface area contributed by atoms with Crippen LogP contribution in [0.15, 0.2) is 24.3 Å². The van der Waals surface area contributed by atoms with Gasteiger partial charge >= 0.3 is 11.9 Å². The summed E-state index contributed by atoms with van der Waals surface area (Å²) < 4.78 is 0. The summed E-state index contributed by atoms with van der Waals surface area (Å²) in [4.78, 5) is 33.2. The van der Waals surface area contributed by atoms with Crippen molar-refractivity contribution in [2.75, 3.05) is 0 Å². The largest absolute Gasteiger partial charge is 0.504 e. The van der Waals surface area contributed by atoms with E-state index in [0.717, 1.165) is 31.2 Å². The molecular formula is C14H14O8. The van der Waals surface area contributed by atoms with Gasteiger partial charge in [-0.05, 0) is 25.1 Å². The molecule has 2 unspecified atom stereocenters. The maximum absolute atomic E-state index is 11.2. The number of phenols is 2. The molecule has 5 N–H and O–H groups in total. The van der Waals surface area contributed by atoms with Crippen LogP contribution in [0.1, 0.15) is 28.9 Å². The molecule has 0 radical (unpaired) electrons. The Morgan fingerprint density at radius 2 is 1.73 bits per heavy atom. The van der Waals surface area contributed by atoms with Crippen LogP contribution in [0.4, 0.5) is 0 Å². The first kappa shape index (κ1) is 17.2. The molecule has 0 heterocycles. The summed E-state index contributed by atoms with van der Waals surface area (Å²) in [5.41, 5.74) is -1.21. The number of aromatic carboxylic acids is 1. The summed E-state index contributed by atoms with van der Waals surface area (Å²) in [5.74, 6) is -6.87. The summed E-state index contributed by atoms with van der Waals surface area (Å²) in [7, 11) is 0. The molecule has 0 aromatic heterocycles. The molecule has 0 spiro atoms. The van der Waals surface area contributed by atoms with E-state index in [9.17, 15) is 29.7 Å². The quantitative estimate of drug-likeness (QED) is 0.380. The fourth-order valence-electron chi connectivity index (χ4n) is 1.82. The third-order valence-electron chi connectivity index (χ3n) is 2.89. The van der Waals surface area contributed by atoms with Gasteiger partial charge in [-0.1, -0.05) is 6.08 Å². The highest BCUT2D eigenvalue weighted by Gasteiger charge is 2.32. The zero-order chi connectivity index (χ0) is 17.0. The Hall–Kier alpha value is -2.87. The van der Waals surface area contributed by atoms with Crippen LogP contribution in [0.25, 0.3) is 0 Å². The smallest absolute Gasteiger partial charge is 0.336 e. The molecule has 0 saturated heterocycles. The number of phenolic OH excluding ortho intramolecular Hbond substituents is 2. The van der Waals surface area contributed by atoms with E-state index in [1.54, 1.807) is 0 Å². The molecule has 8 nitrogen and oxygen atoms in total. The second-order valence-corrected chi connectivity index (χ2v) is 4.48. The maximum atomic E-state index is 11.2. The van der Waals surface area contributed by atoms with Crippen molar-refractivity contribution in [2.45, 2.75) is 13.0 Å².